The molecule has 0 atom stereocenters. The molecule has 0 aliphatic heterocycles. The number of benzene rings is 1. The van der Waals surface area contributed by atoms with Crippen molar-refractivity contribution in [3.8, 4) is 0 Å². The maximum atomic E-state index is 6.18. The van der Waals surface area contributed by atoms with Gasteiger partial charge < -0.3 is 5.73 Å². The van der Waals surface area contributed by atoms with Crippen molar-refractivity contribution in [3.63, 3.8) is 0 Å². The number of rotatable bonds is 5. The Labute approximate surface area is 125 Å². The van der Waals surface area contributed by atoms with Gasteiger partial charge in [-0.3, -0.25) is 0 Å². The zero-order valence-corrected chi connectivity index (χ0v) is 12.7. The third-order valence-corrected chi connectivity index (χ3v) is 3.77. The van der Waals surface area contributed by atoms with Crippen LogP contribution in [0, 0.1) is 13.8 Å². The second kappa shape index (κ2) is 6.82. The van der Waals surface area contributed by atoms with Crippen molar-refractivity contribution in [1.82, 2.24) is 9.97 Å². The molecule has 3 nitrogen and oxygen atoms in total. The average molecular weight is 290 g/mol. The average Bonchev–Trinajstić information content (AvgIpc) is 2.41. The van der Waals surface area contributed by atoms with Crippen LogP contribution >= 0.6 is 11.6 Å². The van der Waals surface area contributed by atoms with Gasteiger partial charge in [0.25, 0.3) is 0 Å². The monoisotopic (exact) mass is 289 g/mol. The van der Waals surface area contributed by atoms with E-state index in [1.165, 1.54) is 5.56 Å². The highest BCUT2D eigenvalue weighted by molar-refractivity contribution is 6.31. The van der Waals surface area contributed by atoms with Crippen LogP contribution in [-0.2, 0) is 12.8 Å². The lowest BCUT2D eigenvalue weighted by Gasteiger charge is -2.11. The SMILES string of the molecule is Cc1nc(Cc2ccccc2Cl)nc(C)c1CCCN. The van der Waals surface area contributed by atoms with Crippen molar-refractivity contribution in [2.45, 2.75) is 33.1 Å². The highest BCUT2D eigenvalue weighted by Gasteiger charge is 2.10. The minimum absolute atomic E-state index is 0.665. The Morgan fingerprint density at radius 3 is 2.35 bits per heavy atom. The van der Waals surface area contributed by atoms with Crippen molar-refractivity contribution in [2.24, 2.45) is 5.73 Å². The van der Waals surface area contributed by atoms with Gasteiger partial charge in [0.1, 0.15) is 5.82 Å². The lowest BCUT2D eigenvalue weighted by Crippen LogP contribution is -2.08. The summed E-state index contributed by atoms with van der Waals surface area (Å²) in [7, 11) is 0. The van der Waals surface area contributed by atoms with Gasteiger partial charge in [-0.15, -0.1) is 0 Å². The smallest absolute Gasteiger partial charge is 0.133 e. The summed E-state index contributed by atoms with van der Waals surface area (Å²) in [6.07, 6.45) is 2.58. The third kappa shape index (κ3) is 3.56. The van der Waals surface area contributed by atoms with E-state index in [9.17, 15) is 0 Å². The maximum Gasteiger partial charge on any atom is 0.133 e. The molecule has 0 saturated carbocycles. The zero-order valence-electron chi connectivity index (χ0n) is 12.0. The summed E-state index contributed by atoms with van der Waals surface area (Å²) in [4.78, 5) is 9.23. The molecular formula is C16H20ClN3. The lowest BCUT2D eigenvalue weighted by atomic mass is 10.1. The largest absolute Gasteiger partial charge is 0.330 e. The third-order valence-electron chi connectivity index (χ3n) is 3.40. The number of aryl methyl sites for hydroxylation is 2. The van der Waals surface area contributed by atoms with Gasteiger partial charge in [-0.05, 0) is 50.4 Å². The Hall–Kier alpha value is -1.45. The molecule has 0 aliphatic rings. The Morgan fingerprint density at radius 2 is 1.75 bits per heavy atom. The number of hydrogen-bond donors (Lipinski definition) is 1. The first kappa shape index (κ1) is 14.9. The molecule has 2 rings (SSSR count). The van der Waals surface area contributed by atoms with Gasteiger partial charge in [0.05, 0.1) is 0 Å². The first-order chi connectivity index (χ1) is 9.61. The van der Waals surface area contributed by atoms with E-state index in [1.807, 2.05) is 38.1 Å². The van der Waals surface area contributed by atoms with Crippen molar-refractivity contribution < 1.29 is 0 Å². The number of nitrogens with two attached hydrogens (primary N) is 1. The number of hydrogen-bond acceptors (Lipinski definition) is 3. The zero-order chi connectivity index (χ0) is 14.5. The molecule has 0 amide bonds. The molecule has 0 spiro atoms. The van der Waals surface area contributed by atoms with E-state index in [1.54, 1.807) is 0 Å². The Bertz CT molecular complexity index is 573. The molecule has 1 aromatic carbocycles. The molecule has 1 aromatic heterocycles. The number of halogens is 1. The van der Waals surface area contributed by atoms with Crippen molar-refractivity contribution in [3.05, 3.63) is 57.6 Å². The molecular weight excluding hydrogens is 270 g/mol. The van der Waals surface area contributed by atoms with E-state index in [0.717, 1.165) is 40.6 Å². The van der Waals surface area contributed by atoms with Gasteiger partial charge in [0, 0.05) is 22.8 Å². The van der Waals surface area contributed by atoms with E-state index in [-0.39, 0.29) is 0 Å². The normalized spacial score (nSPS) is 10.8. The minimum Gasteiger partial charge on any atom is -0.330 e. The molecule has 106 valence electrons. The molecule has 4 heteroatoms. The summed E-state index contributed by atoms with van der Waals surface area (Å²) in [6.45, 7) is 4.77. The van der Waals surface area contributed by atoms with Gasteiger partial charge >= 0.3 is 0 Å². The molecule has 0 fully saturated rings. The Kier molecular flexibility index (Phi) is 5.10. The van der Waals surface area contributed by atoms with Gasteiger partial charge in [-0.2, -0.15) is 0 Å². The van der Waals surface area contributed by atoms with Crippen LogP contribution in [0.5, 0.6) is 0 Å². The Morgan fingerprint density at radius 1 is 1.10 bits per heavy atom. The predicted molar refractivity (Wildman–Crippen MR) is 83.1 cm³/mol. The predicted octanol–water partition coefficient (Wildman–Crippen LogP) is 3.23. The molecule has 20 heavy (non-hydrogen) atoms. The highest BCUT2D eigenvalue weighted by atomic mass is 35.5. The van der Waals surface area contributed by atoms with Crippen LogP contribution in [0.4, 0.5) is 0 Å². The molecule has 0 saturated heterocycles. The van der Waals surface area contributed by atoms with Crippen LogP contribution in [0.25, 0.3) is 0 Å². The topological polar surface area (TPSA) is 51.8 Å². The lowest BCUT2D eigenvalue weighted by molar-refractivity contribution is 0.791. The number of nitrogens with zero attached hydrogens (tertiary/aromatic N) is 2. The van der Waals surface area contributed by atoms with Crippen molar-refractivity contribution in [2.75, 3.05) is 6.54 Å². The first-order valence-electron chi connectivity index (χ1n) is 6.88. The summed E-state index contributed by atoms with van der Waals surface area (Å²) < 4.78 is 0. The molecule has 0 bridgehead atoms. The van der Waals surface area contributed by atoms with Crippen molar-refractivity contribution in [1.29, 1.82) is 0 Å². The van der Waals surface area contributed by atoms with E-state index in [2.05, 4.69) is 9.97 Å². The molecule has 0 aliphatic carbocycles. The summed E-state index contributed by atoms with van der Waals surface area (Å²) in [5, 5.41) is 0.763. The van der Waals surface area contributed by atoms with Crippen LogP contribution in [0.2, 0.25) is 5.02 Å². The van der Waals surface area contributed by atoms with Crippen LogP contribution in [0.15, 0.2) is 24.3 Å². The quantitative estimate of drug-likeness (QED) is 0.919. The highest BCUT2D eigenvalue weighted by Crippen LogP contribution is 2.19. The van der Waals surface area contributed by atoms with Gasteiger partial charge in [0.15, 0.2) is 0 Å². The fourth-order valence-corrected chi connectivity index (χ4v) is 2.54. The summed E-state index contributed by atoms with van der Waals surface area (Å²) in [6, 6.07) is 7.82. The Balaban J connectivity index is 2.24. The summed E-state index contributed by atoms with van der Waals surface area (Å²) >= 11 is 6.18. The van der Waals surface area contributed by atoms with Crippen LogP contribution in [-0.4, -0.2) is 16.5 Å². The molecule has 2 aromatic rings. The van der Waals surface area contributed by atoms with E-state index < -0.39 is 0 Å². The van der Waals surface area contributed by atoms with E-state index >= 15 is 0 Å². The maximum absolute atomic E-state index is 6.18. The van der Waals surface area contributed by atoms with E-state index in [0.29, 0.717) is 13.0 Å². The van der Waals surface area contributed by atoms with Gasteiger partial charge in [0.2, 0.25) is 0 Å². The molecule has 1 heterocycles. The fourth-order valence-electron chi connectivity index (χ4n) is 2.34. The second-order valence-electron chi connectivity index (χ2n) is 4.95. The van der Waals surface area contributed by atoms with Gasteiger partial charge in [-0.1, -0.05) is 29.8 Å². The van der Waals surface area contributed by atoms with Crippen molar-refractivity contribution >= 4 is 11.6 Å². The minimum atomic E-state index is 0.665. The van der Waals surface area contributed by atoms with Crippen LogP contribution in [0.1, 0.15) is 34.8 Å². The first-order valence-corrected chi connectivity index (χ1v) is 7.26. The molecule has 0 radical (unpaired) electrons. The van der Waals surface area contributed by atoms with Crippen LogP contribution in [0.3, 0.4) is 0 Å². The van der Waals surface area contributed by atoms with E-state index in [4.69, 9.17) is 17.3 Å². The molecule has 0 unspecified atom stereocenters. The van der Waals surface area contributed by atoms with Gasteiger partial charge in [-0.25, -0.2) is 9.97 Å². The number of aromatic nitrogens is 2. The summed E-state index contributed by atoms with van der Waals surface area (Å²) in [5.41, 5.74) is 9.95. The fraction of sp³-hybridized carbons (Fsp3) is 0.375. The van der Waals surface area contributed by atoms with Crippen LogP contribution < -0.4 is 5.73 Å². The molecule has 2 N–H and O–H groups in total. The standard InChI is InChI=1S/C16H20ClN3/c1-11-14(7-5-9-18)12(2)20-16(19-11)10-13-6-3-4-8-15(13)17/h3-4,6,8H,5,7,9-10,18H2,1-2H3. The second-order valence-corrected chi connectivity index (χ2v) is 5.36. The summed E-state index contributed by atoms with van der Waals surface area (Å²) in [5.74, 6) is 0.824.